The molecular formula is C34H45N3O9. The number of nitrogens with zero attached hydrogens (tertiary/aromatic N) is 2. The number of amides is 3. The van der Waals surface area contributed by atoms with E-state index in [9.17, 15) is 19.2 Å². The smallest absolute Gasteiger partial charge is 0.493 e. The second-order valence-corrected chi connectivity index (χ2v) is 13.3. The number of hydrogen-bond donors (Lipinski definition) is 1. The van der Waals surface area contributed by atoms with E-state index in [0.717, 1.165) is 18.4 Å². The van der Waals surface area contributed by atoms with Crippen LogP contribution in [0.4, 0.5) is 10.5 Å². The zero-order chi connectivity index (χ0) is 33.8. The van der Waals surface area contributed by atoms with Crippen LogP contribution in [0, 0.1) is 5.92 Å². The standard InChI is InChI=1S/C34H45N3O9/c1-9-43-27-19-22(15-17-26(27)42-8)25(16-18-28(38)37(46-34(5,6)7)45-32(41)44-33(2,3)4)36-20-23-11-10-12-24(29(23)31(36)40)35-30(39)21-13-14-21/h10-12,15,17,19,21,25H,9,13-14,16,18,20H2,1-8H3,(H,35,39). The van der Waals surface area contributed by atoms with Crippen LogP contribution in [0.3, 0.4) is 0 Å². The Morgan fingerprint density at radius 3 is 2.35 bits per heavy atom. The van der Waals surface area contributed by atoms with Gasteiger partial charge in [0.25, 0.3) is 11.8 Å². The number of carbonyl (C=O) groups excluding carboxylic acids is 4. The summed E-state index contributed by atoms with van der Waals surface area (Å²) in [6.45, 7) is 12.7. The van der Waals surface area contributed by atoms with Crippen molar-refractivity contribution in [1.82, 2.24) is 10.1 Å². The third-order valence-electron chi connectivity index (χ3n) is 7.16. The summed E-state index contributed by atoms with van der Waals surface area (Å²) in [6, 6.07) is 10.2. The van der Waals surface area contributed by atoms with Crippen LogP contribution in [0.15, 0.2) is 36.4 Å². The molecule has 1 aliphatic carbocycles. The molecule has 0 radical (unpaired) electrons. The minimum atomic E-state index is -1.09. The van der Waals surface area contributed by atoms with Gasteiger partial charge in [-0.15, -0.1) is 0 Å². The number of methoxy groups -OCH3 is 1. The van der Waals surface area contributed by atoms with Gasteiger partial charge in [-0.25, -0.2) is 9.63 Å². The first-order valence-electron chi connectivity index (χ1n) is 15.6. The molecule has 2 aromatic carbocycles. The lowest BCUT2D eigenvalue weighted by atomic mass is 9.99. The topological polar surface area (TPSA) is 133 Å². The molecule has 12 heteroatoms. The average molecular weight is 640 g/mol. The van der Waals surface area contributed by atoms with E-state index in [1.54, 1.807) is 71.8 Å². The van der Waals surface area contributed by atoms with Gasteiger partial charge in [-0.2, -0.15) is 0 Å². The van der Waals surface area contributed by atoms with Crippen molar-refractivity contribution in [3.05, 3.63) is 53.1 Å². The number of carbonyl (C=O) groups is 4. The molecule has 1 unspecified atom stereocenters. The molecule has 1 heterocycles. The third kappa shape index (κ3) is 8.90. The van der Waals surface area contributed by atoms with Gasteiger partial charge in [0.15, 0.2) is 11.5 Å². The molecule has 1 N–H and O–H groups in total. The Hall–Kier alpha value is -4.32. The van der Waals surface area contributed by atoms with Gasteiger partial charge in [0.1, 0.15) is 5.60 Å². The SMILES string of the molecule is CCOc1cc(C(CCC(=O)N(OC(=O)OC(C)(C)C)OC(C)(C)C)N2Cc3cccc(NC(=O)C4CC4)c3C2=O)ccc1OC. The van der Waals surface area contributed by atoms with Gasteiger partial charge in [-0.1, -0.05) is 18.2 Å². The molecule has 1 saturated carbocycles. The number of hydroxylamine groups is 2. The molecule has 0 spiro atoms. The van der Waals surface area contributed by atoms with Gasteiger partial charge >= 0.3 is 6.16 Å². The number of fused-ring (bicyclic) bond motifs is 1. The van der Waals surface area contributed by atoms with E-state index in [4.69, 9.17) is 23.9 Å². The fourth-order valence-electron chi connectivity index (χ4n) is 5.05. The number of anilines is 1. The molecule has 4 rings (SSSR count). The van der Waals surface area contributed by atoms with Gasteiger partial charge in [-0.3, -0.25) is 19.2 Å². The van der Waals surface area contributed by atoms with Gasteiger partial charge in [-0.05, 0) is 102 Å². The van der Waals surface area contributed by atoms with Gasteiger partial charge in [0.2, 0.25) is 5.91 Å². The molecule has 0 aromatic heterocycles. The molecule has 12 nitrogen and oxygen atoms in total. The minimum absolute atomic E-state index is 0.0281. The normalized spacial score (nSPS) is 15.1. The van der Waals surface area contributed by atoms with Crippen LogP contribution in [-0.4, -0.2) is 58.9 Å². The lowest BCUT2D eigenvalue weighted by molar-refractivity contribution is -0.354. The number of nitrogens with one attached hydrogen (secondary N) is 1. The highest BCUT2D eigenvalue weighted by Crippen LogP contribution is 2.40. The van der Waals surface area contributed by atoms with Crippen LogP contribution in [-0.2, 0) is 30.5 Å². The number of rotatable bonds is 11. The maximum Gasteiger partial charge on any atom is 0.536 e. The van der Waals surface area contributed by atoms with Crippen molar-refractivity contribution in [2.75, 3.05) is 19.0 Å². The Morgan fingerprint density at radius 2 is 1.74 bits per heavy atom. The molecule has 250 valence electrons. The van der Waals surface area contributed by atoms with E-state index < -0.39 is 29.3 Å². The maximum absolute atomic E-state index is 14.1. The molecular weight excluding hydrogens is 594 g/mol. The van der Waals surface area contributed by atoms with Crippen LogP contribution < -0.4 is 14.8 Å². The van der Waals surface area contributed by atoms with E-state index >= 15 is 0 Å². The Bertz CT molecular complexity index is 1460. The summed E-state index contributed by atoms with van der Waals surface area (Å²) in [7, 11) is 1.54. The second kappa shape index (κ2) is 14.0. The predicted molar refractivity (Wildman–Crippen MR) is 169 cm³/mol. The van der Waals surface area contributed by atoms with Crippen molar-refractivity contribution in [3.63, 3.8) is 0 Å². The lowest BCUT2D eigenvalue weighted by Crippen LogP contribution is -2.41. The molecule has 46 heavy (non-hydrogen) atoms. The maximum atomic E-state index is 14.1. The Kier molecular flexibility index (Phi) is 10.5. The lowest BCUT2D eigenvalue weighted by Gasteiger charge is -2.31. The summed E-state index contributed by atoms with van der Waals surface area (Å²) in [6.07, 6.45) is 0.561. The Balaban J connectivity index is 1.64. The first-order valence-corrected chi connectivity index (χ1v) is 15.6. The Morgan fingerprint density at radius 1 is 1.02 bits per heavy atom. The molecule has 1 atom stereocenters. The summed E-state index contributed by atoms with van der Waals surface area (Å²) in [5.74, 6) is -0.0307. The van der Waals surface area contributed by atoms with Gasteiger partial charge in [0.05, 0.1) is 36.6 Å². The van der Waals surface area contributed by atoms with E-state index in [1.165, 1.54) is 0 Å². The molecule has 0 bridgehead atoms. The molecule has 2 aromatic rings. The van der Waals surface area contributed by atoms with Crippen molar-refractivity contribution in [2.24, 2.45) is 5.92 Å². The van der Waals surface area contributed by atoms with E-state index in [0.29, 0.717) is 40.1 Å². The summed E-state index contributed by atoms with van der Waals surface area (Å²) >= 11 is 0. The highest BCUT2D eigenvalue weighted by molar-refractivity contribution is 6.07. The van der Waals surface area contributed by atoms with Crippen LogP contribution in [0.1, 0.15) is 102 Å². The fourth-order valence-corrected chi connectivity index (χ4v) is 5.05. The van der Waals surface area contributed by atoms with Gasteiger partial charge in [0, 0.05) is 18.9 Å². The summed E-state index contributed by atoms with van der Waals surface area (Å²) in [5, 5.41) is 3.49. The fraction of sp³-hybridized carbons (Fsp3) is 0.529. The first-order chi connectivity index (χ1) is 21.6. The van der Waals surface area contributed by atoms with Crippen molar-refractivity contribution in [1.29, 1.82) is 0 Å². The molecule has 2 aliphatic rings. The molecule has 3 amide bonds. The van der Waals surface area contributed by atoms with Crippen molar-refractivity contribution < 1.29 is 43.1 Å². The summed E-state index contributed by atoms with van der Waals surface area (Å²) in [5.41, 5.74) is 0.632. The van der Waals surface area contributed by atoms with Crippen LogP contribution in [0.25, 0.3) is 0 Å². The number of hydrogen-bond acceptors (Lipinski definition) is 9. The van der Waals surface area contributed by atoms with E-state index in [2.05, 4.69) is 5.32 Å². The zero-order valence-corrected chi connectivity index (χ0v) is 27.9. The van der Waals surface area contributed by atoms with Crippen LogP contribution >= 0.6 is 0 Å². The highest BCUT2D eigenvalue weighted by atomic mass is 17.0. The average Bonchev–Trinajstić information content (AvgIpc) is 3.75. The monoisotopic (exact) mass is 639 g/mol. The van der Waals surface area contributed by atoms with E-state index in [1.807, 2.05) is 25.1 Å². The van der Waals surface area contributed by atoms with E-state index in [-0.39, 0.29) is 37.1 Å². The summed E-state index contributed by atoms with van der Waals surface area (Å²) < 4.78 is 16.5. The molecule has 1 fully saturated rings. The largest absolute Gasteiger partial charge is 0.536 e. The van der Waals surface area contributed by atoms with Gasteiger partial charge < -0.3 is 24.4 Å². The zero-order valence-electron chi connectivity index (χ0n) is 27.9. The van der Waals surface area contributed by atoms with Crippen LogP contribution in [0.2, 0.25) is 0 Å². The quantitative estimate of drug-likeness (QED) is 0.221. The first kappa shape index (κ1) is 34.6. The highest BCUT2D eigenvalue weighted by Gasteiger charge is 2.38. The third-order valence-corrected chi connectivity index (χ3v) is 7.16. The van der Waals surface area contributed by atoms with Crippen LogP contribution in [0.5, 0.6) is 11.5 Å². The van der Waals surface area contributed by atoms with Crippen molar-refractivity contribution in [2.45, 2.75) is 97.9 Å². The Labute approximate surface area is 270 Å². The second-order valence-electron chi connectivity index (χ2n) is 13.3. The predicted octanol–water partition coefficient (Wildman–Crippen LogP) is 6.35. The molecule has 1 aliphatic heterocycles. The number of benzene rings is 2. The van der Waals surface area contributed by atoms with Crippen molar-refractivity contribution in [3.8, 4) is 11.5 Å². The van der Waals surface area contributed by atoms with Crippen molar-refractivity contribution >= 4 is 29.6 Å². The number of ether oxygens (including phenoxy) is 3. The minimum Gasteiger partial charge on any atom is -0.493 e. The molecule has 0 saturated heterocycles. The summed E-state index contributed by atoms with van der Waals surface area (Å²) in [4.78, 5) is 65.3.